The Balaban J connectivity index is 1.00. The van der Waals surface area contributed by atoms with Crippen molar-refractivity contribution in [3.8, 4) is 22.6 Å². The number of fused-ring (bicyclic) bond motifs is 3. The van der Waals surface area contributed by atoms with Gasteiger partial charge in [0, 0.05) is 61.3 Å². The van der Waals surface area contributed by atoms with Crippen LogP contribution in [0.25, 0.3) is 44.6 Å². The molecule has 0 unspecified atom stereocenters. The highest BCUT2D eigenvalue weighted by Crippen LogP contribution is 2.46. The Bertz CT molecular complexity index is 2420. The molecule has 0 saturated carbocycles. The lowest BCUT2D eigenvalue weighted by molar-refractivity contribution is -0.141. The van der Waals surface area contributed by atoms with Gasteiger partial charge in [-0.05, 0) is 97.3 Å². The Kier molecular flexibility index (Phi) is 8.83. The number of aliphatic carboxylic acids is 1. The van der Waals surface area contributed by atoms with Crippen LogP contribution in [-0.2, 0) is 17.8 Å². The van der Waals surface area contributed by atoms with Crippen molar-refractivity contribution in [1.82, 2.24) is 24.8 Å². The van der Waals surface area contributed by atoms with Gasteiger partial charge >= 0.3 is 5.97 Å². The maximum Gasteiger partial charge on any atom is 0.307 e. The van der Waals surface area contributed by atoms with Gasteiger partial charge in [-0.3, -0.25) is 19.6 Å². The number of aliphatic hydroxyl groups excluding tert-OH is 1. The van der Waals surface area contributed by atoms with Gasteiger partial charge in [0.1, 0.15) is 11.0 Å². The monoisotopic (exact) mass is 748 g/mol. The molecule has 3 N–H and O–H groups in total. The summed E-state index contributed by atoms with van der Waals surface area (Å²) in [5, 5.41) is 25.1. The third-order valence-corrected chi connectivity index (χ3v) is 12.0. The largest absolute Gasteiger partial charge is 0.481 e. The molecule has 270 valence electrons. The van der Waals surface area contributed by atoms with E-state index in [1.807, 2.05) is 48.7 Å². The molecule has 1 aliphatic carbocycles. The highest BCUT2D eigenvalue weighted by molar-refractivity contribution is 6.36. The average Bonchev–Trinajstić information content (AvgIpc) is 3.97. The molecule has 3 aromatic carbocycles. The highest BCUT2D eigenvalue weighted by Gasteiger charge is 2.37. The van der Waals surface area contributed by atoms with Crippen molar-refractivity contribution in [1.29, 1.82) is 0 Å². The Morgan fingerprint density at radius 3 is 2.62 bits per heavy atom. The lowest BCUT2D eigenvalue weighted by Crippen LogP contribution is -2.26. The van der Waals surface area contributed by atoms with Crippen molar-refractivity contribution in [2.24, 2.45) is 5.92 Å². The summed E-state index contributed by atoms with van der Waals surface area (Å²) in [6.07, 6.45) is 6.58. The Labute approximate surface area is 316 Å². The molecule has 0 bridgehead atoms. The average molecular weight is 750 g/mol. The van der Waals surface area contributed by atoms with Crippen LogP contribution in [0.4, 0.5) is 11.5 Å². The first-order valence-electron chi connectivity index (χ1n) is 18.1. The first-order valence-corrected chi connectivity index (χ1v) is 18.9. The zero-order valence-corrected chi connectivity index (χ0v) is 30.7. The van der Waals surface area contributed by atoms with Crippen LogP contribution < -0.4 is 5.32 Å². The molecule has 3 atom stereocenters. The van der Waals surface area contributed by atoms with Gasteiger partial charge < -0.3 is 19.9 Å². The number of carboxylic acid groups (broad SMARTS) is 1. The van der Waals surface area contributed by atoms with E-state index in [1.165, 1.54) is 0 Å². The summed E-state index contributed by atoms with van der Waals surface area (Å²) in [7, 11) is 0. The van der Waals surface area contributed by atoms with E-state index in [0.29, 0.717) is 57.9 Å². The number of aliphatic hydroxyl groups is 1. The van der Waals surface area contributed by atoms with Crippen LogP contribution in [0, 0.1) is 12.8 Å². The molecule has 3 aromatic heterocycles. The molecule has 0 radical (unpaired) electrons. The number of hydrogen-bond donors (Lipinski definition) is 3. The van der Waals surface area contributed by atoms with E-state index in [1.54, 1.807) is 6.20 Å². The first kappa shape index (κ1) is 34.2. The van der Waals surface area contributed by atoms with E-state index < -0.39 is 5.97 Å². The van der Waals surface area contributed by atoms with Crippen LogP contribution in [0.15, 0.2) is 71.4 Å². The normalized spacial score (nSPS) is 20.5. The Morgan fingerprint density at radius 1 is 0.981 bits per heavy atom. The number of likely N-dealkylation sites (tertiary alicyclic amines) is 2. The Morgan fingerprint density at radius 2 is 1.81 bits per heavy atom. The molecular weight excluding hydrogens is 711 g/mol. The SMILES string of the molecule is Cc1c(Nc2nccc3cc(CN4CC[C@@H](O)C4)cnc23)cccc1-c1cccc(-c2nc3cc4c(c(Cl)c3o2)CC[C@H]4N2CC[C@@H](C(=O)O)C2)c1Cl. The molecule has 6 aromatic rings. The van der Waals surface area contributed by atoms with Gasteiger partial charge in [0.05, 0.1) is 27.6 Å². The van der Waals surface area contributed by atoms with E-state index in [4.69, 9.17) is 37.6 Å². The second-order valence-electron chi connectivity index (χ2n) is 14.5. The number of β-amino-alcohol motifs (C(OH)–C–C–N with tert-alkyl or cyclic N) is 1. The lowest BCUT2D eigenvalue weighted by Gasteiger charge is -2.24. The number of carbonyl (C=O) groups is 1. The van der Waals surface area contributed by atoms with Gasteiger partial charge in [-0.1, -0.05) is 47.5 Å². The number of pyridine rings is 2. The minimum absolute atomic E-state index is 0.111. The molecule has 2 fully saturated rings. The molecule has 10 nitrogen and oxygen atoms in total. The van der Waals surface area contributed by atoms with Crippen molar-refractivity contribution in [2.45, 2.75) is 51.3 Å². The van der Waals surface area contributed by atoms with Gasteiger partial charge in [0.2, 0.25) is 5.89 Å². The van der Waals surface area contributed by atoms with Gasteiger partial charge in [-0.15, -0.1) is 0 Å². The molecule has 2 saturated heterocycles. The summed E-state index contributed by atoms with van der Waals surface area (Å²) in [5.41, 5.74) is 9.54. The molecule has 53 heavy (non-hydrogen) atoms. The molecule has 0 spiro atoms. The predicted molar refractivity (Wildman–Crippen MR) is 207 cm³/mol. The van der Waals surface area contributed by atoms with Gasteiger partial charge in [-0.2, -0.15) is 0 Å². The van der Waals surface area contributed by atoms with E-state index in [9.17, 15) is 15.0 Å². The van der Waals surface area contributed by atoms with Gasteiger partial charge in [0.15, 0.2) is 11.4 Å². The number of anilines is 2. The summed E-state index contributed by atoms with van der Waals surface area (Å²) in [4.78, 5) is 30.5. The summed E-state index contributed by atoms with van der Waals surface area (Å²) in [6.45, 7) is 5.67. The molecule has 0 amide bonds. The van der Waals surface area contributed by atoms with Gasteiger partial charge in [-0.25, -0.2) is 9.97 Å². The maximum absolute atomic E-state index is 11.6. The van der Waals surface area contributed by atoms with Crippen molar-refractivity contribution in [3.63, 3.8) is 0 Å². The number of hydrogen-bond acceptors (Lipinski definition) is 9. The van der Waals surface area contributed by atoms with E-state index in [2.05, 4.69) is 39.2 Å². The maximum atomic E-state index is 11.6. The smallest absolute Gasteiger partial charge is 0.307 e. The van der Waals surface area contributed by atoms with Crippen LogP contribution in [0.2, 0.25) is 10.0 Å². The van der Waals surface area contributed by atoms with E-state index >= 15 is 0 Å². The fourth-order valence-corrected chi connectivity index (χ4v) is 9.08. The predicted octanol–water partition coefficient (Wildman–Crippen LogP) is 8.42. The number of nitrogens with one attached hydrogen (secondary N) is 1. The minimum atomic E-state index is -0.734. The number of rotatable bonds is 8. The number of aromatic nitrogens is 3. The number of oxazole rings is 1. The summed E-state index contributed by atoms with van der Waals surface area (Å²) >= 11 is 14.2. The van der Waals surface area contributed by atoms with Crippen LogP contribution in [0.3, 0.4) is 0 Å². The highest BCUT2D eigenvalue weighted by atomic mass is 35.5. The summed E-state index contributed by atoms with van der Waals surface area (Å²) in [5.74, 6) is -0.0229. The van der Waals surface area contributed by atoms with Gasteiger partial charge in [0.25, 0.3) is 0 Å². The molecule has 3 aliphatic rings. The molecule has 5 heterocycles. The van der Waals surface area contributed by atoms with E-state index in [0.717, 1.165) is 88.9 Å². The number of benzene rings is 3. The number of carboxylic acids is 1. The van der Waals surface area contributed by atoms with Crippen LogP contribution >= 0.6 is 23.2 Å². The van der Waals surface area contributed by atoms with Crippen molar-refractivity contribution >= 4 is 62.7 Å². The van der Waals surface area contributed by atoms with Crippen LogP contribution in [0.5, 0.6) is 0 Å². The first-order chi connectivity index (χ1) is 25.7. The molecule has 2 aliphatic heterocycles. The topological polar surface area (TPSA) is 128 Å². The number of halogens is 2. The Hall–Kier alpha value is -4.58. The fraction of sp³-hybridized carbons (Fsp3) is 0.317. The zero-order chi connectivity index (χ0) is 36.4. The lowest BCUT2D eigenvalue weighted by atomic mass is 9.97. The summed E-state index contributed by atoms with van der Waals surface area (Å²) in [6, 6.07) is 18.2. The third kappa shape index (κ3) is 6.22. The second-order valence-corrected chi connectivity index (χ2v) is 15.3. The van der Waals surface area contributed by atoms with Crippen LogP contribution in [-0.4, -0.2) is 73.2 Å². The fourth-order valence-electron chi connectivity index (χ4n) is 8.43. The zero-order valence-electron chi connectivity index (χ0n) is 29.1. The standard InChI is InChI=1S/C41H38Cl2N6O4/c1-22-27(4-3-7-32(22)46-39-37-24(10-13-44-39)16-23(18-45-37)19-48-14-12-26(50)21-48)28-5-2-6-30(35(28)42)40-47-33-17-31-29(36(43)38(33)53-40)8-9-34(31)49-15-11-25(20-49)41(51)52/h2-7,10,13,16-18,25-26,34,50H,8-9,11-12,14-15,19-21H2,1H3,(H,44,46)(H,51,52)/t25-,26-,34-/m1/s1. The van der Waals surface area contributed by atoms with E-state index in [-0.39, 0.29) is 18.1 Å². The van der Waals surface area contributed by atoms with Crippen molar-refractivity contribution in [3.05, 3.63) is 99.3 Å². The third-order valence-electron chi connectivity index (χ3n) is 11.2. The number of nitrogens with zero attached hydrogens (tertiary/aromatic N) is 5. The second kappa shape index (κ2) is 13.7. The van der Waals surface area contributed by atoms with Crippen LogP contribution in [0.1, 0.15) is 47.6 Å². The van der Waals surface area contributed by atoms with Crippen molar-refractivity contribution in [2.75, 3.05) is 31.5 Å². The molecular formula is C41H38Cl2N6O4. The molecule has 12 heteroatoms. The molecule has 9 rings (SSSR count). The quantitative estimate of drug-likeness (QED) is 0.140. The summed E-state index contributed by atoms with van der Waals surface area (Å²) < 4.78 is 6.35. The van der Waals surface area contributed by atoms with Crippen molar-refractivity contribution < 1.29 is 19.4 Å². The minimum Gasteiger partial charge on any atom is -0.481 e.